The van der Waals surface area contributed by atoms with E-state index in [1.54, 1.807) is 19.2 Å². The molecule has 0 bridgehead atoms. The average molecular weight is 394 g/mol. The van der Waals surface area contributed by atoms with Gasteiger partial charge >= 0.3 is 5.69 Å². The van der Waals surface area contributed by atoms with Gasteiger partial charge in [-0.15, -0.1) is 0 Å². The van der Waals surface area contributed by atoms with Crippen LogP contribution in [0.2, 0.25) is 10.0 Å². The number of aromatic nitrogens is 5. The molecule has 0 saturated heterocycles. The summed E-state index contributed by atoms with van der Waals surface area (Å²) in [4.78, 5) is 16.5. The first-order valence-electron chi connectivity index (χ1n) is 8.37. The summed E-state index contributed by atoms with van der Waals surface area (Å²) in [5.41, 5.74) is 0.267. The molecule has 1 fully saturated rings. The smallest absolute Gasteiger partial charge is 0.337 e. The highest BCUT2D eigenvalue weighted by molar-refractivity contribution is 6.33. The van der Waals surface area contributed by atoms with Crippen LogP contribution in [-0.2, 0) is 19.0 Å². The molecule has 1 aliphatic carbocycles. The molecule has 1 aliphatic rings. The molecule has 0 spiro atoms. The number of rotatable bonds is 4. The zero-order valence-electron chi connectivity index (χ0n) is 14.2. The molecule has 0 unspecified atom stereocenters. The van der Waals surface area contributed by atoms with Crippen molar-refractivity contribution in [1.82, 2.24) is 24.5 Å². The number of hydrogen-bond acceptors (Lipinski definition) is 5. The van der Waals surface area contributed by atoms with E-state index in [4.69, 9.17) is 27.7 Å². The minimum Gasteiger partial charge on any atom is -0.337 e. The van der Waals surface area contributed by atoms with E-state index < -0.39 is 5.41 Å². The maximum absolute atomic E-state index is 11.9. The van der Waals surface area contributed by atoms with Crippen molar-refractivity contribution in [2.75, 3.05) is 0 Å². The maximum atomic E-state index is 11.9. The average Bonchev–Trinajstić information content (AvgIpc) is 3.35. The van der Waals surface area contributed by atoms with E-state index in [9.17, 15) is 4.79 Å². The Hall–Kier alpha value is -2.12. The van der Waals surface area contributed by atoms with Gasteiger partial charge in [0.15, 0.2) is 5.82 Å². The van der Waals surface area contributed by atoms with Crippen molar-refractivity contribution in [2.45, 2.75) is 37.6 Å². The van der Waals surface area contributed by atoms with Crippen LogP contribution in [0.3, 0.4) is 0 Å². The van der Waals surface area contributed by atoms with Gasteiger partial charge in [-0.3, -0.25) is 4.57 Å². The van der Waals surface area contributed by atoms with Crippen molar-refractivity contribution in [3.63, 3.8) is 0 Å². The van der Waals surface area contributed by atoms with Gasteiger partial charge in [-0.05, 0) is 36.6 Å². The Morgan fingerprint density at radius 1 is 1.27 bits per heavy atom. The summed E-state index contributed by atoms with van der Waals surface area (Å²) in [6.07, 6.45) is 5.29. The van der Waals surface area contributed by atoms with Crippen LogP contribution in [0, 0.1) is 0 Å². The lowest BCUT2D eigenvalue weighted by Gasteiger charge is -2.27. The minimum atomic E-state index is -0.418. The molecule has 0 atom stereocenters. The topological polar surface area (TPSA) is 78.7 Å². The highest BCUT2D eigenvalue weighted by Crippen LogP contribution is 2.48. The number of hydrogen-bond donors (Lipinski definition) is 0. The van der Waals surface area contributed by atoms with Crippen molar-refractivity contribution in [2.24, 2.45) is 7.05 Å². The molecular weight excluding hydrogens is 377 g/mol. The molecule has 2 aromatic heterocycles. The van der Waals surface area contributed by atoms with Gasteiger partial charge in [0.2, 0.25) is 5.89 Å². The number of nitrogens with zero attached hydrogens (tertiary/aromatic N) is 5. The Balaban J connectivity index is 1.72. The van der Waals surface area contributed by atoms with Crippen molar-refractivity contribution in [3.05, 3.63) is 62.3 Å². The summed E-state index contributed by atoms with van der Waals surface area (Å²) in [7, 11) is 1.64. The first-order chi connectivity index (χ1) is 12.5. The van der Waals surface area contributed by atoms with E-state index in [-0.39, 0.29) is 12.2 Å². The first kappa shape index (κ1) is 17.3. The quantitative estimate of drug-likeness (QED) is 0.679. The Morgan fingerprint density at radius 3 is 2.73 bits per heavy atom. The first-order valence-corrected chi connectivity index (χ1v) is 9.12. The van der Waals surface area contributed by atoms with Gasteiger partial charge in [-0.2, -0.15) is 10.1 Å². The molecule has 0 N–H and O–H groups in total. The molecule has 1 aromatic carbocycles. The molecule has 0 amide bonds. The molecule has 7 nitrogen and oxygen atoms in total. The van der Waals surface area contributed by atoms with E-state index in [0.29, 0.717) is 21.8 Å². The fraction of sp³-hybridized carbons (Fsp3) is 0.412. The second-order valence-electron chi connectivity index (χ2n) is 6.61. The predicted octanol–water partition coefficient (Wildman–Crippen LogP) is 3.18. The van der Waals surface area contributed by atoms with Crippen molar-refractivity contribution in [1.29, 1.82) is 0 Å². The van der Waals surface area contributed by atoms with E-state index >= 15 is 0 Å². The Morgan fingerprint density at radius 2 is 2.04 bits per heavy atom. The van der Waals surface area contributed by atoms with Crippen LogP contribution in [-0.4, -0.2) is 24.5 Å². The fourth-order valence-corrected chi connectivity index (χ4v) is 4.10. The van der Waals surface area contributed by atoms with E-state index in [2.05, 4.69) is 15.2 Å². The summed E-state index contributed by atoms with van der Waals surface area (Å²) >= 11 is 12.7. The van der Waals surface area contributed by atoms with Crippen LogP contribution in [0.4, 0.5) is 0 Å². The van der Waals surface area contributed by atoms with Crippen LogP contribution >= 0.6 is 23.2 Å². The number of halogens is 2. The summed E-state index contributed by atoms with van der Waals surface area (Å²) in [6.45, 7) is 0.131. The highest BCUT2D eigenvalue weighted by atomic mass is 35.5. The fourth-order valence-electron chi connectivity index (χ4n) is 3.63. The largest absolute Gasteiger partial charge is 0.345 e. The summed E-state index contributed by atoms with van der Waals surface area (Å²) < 4.78 is 8.09. The molecule has 26 heavy (non-hydrogen) atoms. The van der Waals surface area contributed by atoms with Crippen molar-refractivity contribution >= 4 is 23.2 Å². The predicted molar refractivity (Wildman–Crippen MR) is 96.6 cm³/mol. The lowest BCUT2D eigenvalue weighted by molar-refractivity contribution is 0.349. The van der Waals surface area contributed by atoms with Gasteiger partial charge in [0.05, 0.1) is 5.41 Å². The maximum Gasteiger partial charge on any atom is 0.345 e. The SMILES string of the molecule is Cn1cnn(Cc2nc(C3(c4cc(Cl)ccc4Cl)CCCC3)no2)c1=O. The number of benzene rings is 1. The summed E-state index contributed by atoms with van der Waals surface area (Å²) in [5.74, 6) is 0.920. The molecule has 1 saturated carbocycles. The zero-order valence-corrected chi connectivity index (χ0v) is 15.7. The molecule has 9 heteroatoms. The molecule has 136 valence electrons. The Kier molecular flexibility index (Phi) is 4.36. The standard InChI is InChI=1S/C17H17Cl2N5O2/c1-23-10-20-24(16(23)25)9-14-21-15(22-26-14)17(6-2-3-7-17)12-8-11(18)4-5-13(12)19/h4-5,8,10H,2-3,6-7,9H2,1H3. The van der Waals surface area contributed by atoms with Crippen LogP contribution in [0.15, 0.2) is 33.8 Å². The molecule has 4 rings (SSSR count). The van der Waals surface area contributed by atoms with Crippen LogP contribution in [0.25, 0.3) is 0 Å². The van der Waals surface area contributed by atoms with Gasteiger partial charge in [0.1, 0.15) is 12.9 Å². The third-order valence-corrected chi connectivity index (χ3v) is 5.53. The van der Waals surface area contributed by atoms with Gasteiger partial charge in [-0.1, -0.05) is 41.2 Å². The number of aryl methyl sites for hydroxylation is 1. The van der Waals surface area contributed by atoms with Crippen molar-refractivity contribution in [3.8, 4) is 0 Å². The monoisotopic (exact) mass is 393 g/mol. The second-order valence-corrected chi connectivity index (χ2v) is 7.45. The normalized spacial score (nSPS) is 16.3. The lowest BCUT2D eigenvalue weighted by Crippen LogP contribution is -2.26. The minimum absolute atomic E-state index is 0.131. The second kappa shape index (κ2) is 6.55. The van der Waals surface area contributed by atoms with Gasteiger partial charge < -0.3 is 4.52 Å². The molecule has 3 aromatic rings. The third kappa shape index (κ3) is 2.85. The third-order valence-electron chi connectivity index (χ3n) is 4.97. The van der Waals surface area contributed by atoms with Crippen LogP contribution < -0.4 is 5.69 Å². The summed E-state index contributed by atoms with van der Waals surface area (Å²) in [6, 6.07) is 5.45. The van der Waals surface area contributed by atoms with Gasteiger partial charge in [0.25, 0.3) is 0 Å². The molecular formula is C17H17Cl2N5O2. The van der Waals surface area contributed by atoms with E-state index in [1.165, 1.54) is 15.6 Å². The van der Waals surface area contributed by atoms with Crippen LogP contribution in [0.5, 0.6) is 0 Å². The zero-order chi connectivity index (χ0) is 18.3. The molecule has 2 heterocycles. The van der Waals surface area contributed by atoms with Gasteiger partial charge in [0, 0.05) is 17.1 Å². The Bertz CT molecular complexity index is 1000. The summed E-state index contributed by atoms with van der Waals surface area (Å²) in [5, 5.41) is 9.50. The van der Waals surface area contributed by atoms with E-state index in [1.807, 2.05) is 6.07 Å². The Labute approximate surface area is 159 Å². The lowest BCUT2D eigenvalue weighted by atomic mass is 9.78. The molecule has 0 aliphatic heterocycles. The highest BCUT2D eigenvalue weighted by Gasteiger charge is 2.43. The molecule has 0 radical (unpaired) electrons. The van der Waals surface area contributed by atoms with Crippen molar-refractivity contribution < 1.29 is 4.52 Å². The van der Waals surface area contributed by atoms with Crippen LogP contribution in [0.1, 0.15) is 43.0 Å². The van der Waals surface area contributed by atoms with E-state index in [0.717, 1.165) is 31.2 Å². The van der Waals surface area contributed by atoms with Gasteiger partial charge in [-0.25, -0.2) is 9.48 Å².